The fourth-order valence-electron chi connectivity index (χ4n) is 4.84. The first-order valence-electron chi connectivity index (χ1n) is 15.4. The molecule has 10 N–H and O–H groups in total. The molecule has 0 spiro atoms. The Morgan fingerprint density at radius 3 is 1.62 bits per heavy atom. The number of ether oxygens (including phenoxy) is 4. The van der Waals surface area contributed by atoms with Crippen LogP contribution in [0.15, 0.2) is 0 Å². The van der Waals surface area contributed by atoms with E-state index in [1.807, 2.05) is 0 Å². The maximum absolute atomic E-state index is 12.2. The molecule has 0 aromatic carbocycles. The van der Waals surface area contributed by atoms with Crippen molar-refractivity contribution in [3.63, 3.8) is 0 Å². The molecule has 2 heterocycles. The van der Waals surface area contributed by atoms with E-state index in [0.29, 0.717) is 57.8 Å². The van der Waals surface area contributed by atoms with E-state index in [4.69, 9.17) is 18.9 Å². The standard InChI is InChI=1S/C28H50N2O15/c31-13-16(30-20(35)9-3-6-12-43-28-26(41)24(39)22(37)18(15-33)45-28)7-1-4-10-29-19(34)8-2-5-11-42-27-25(40)23(38)21(36)17(14-32)44-27/h13,16-18,21-28,32-33,36-41H,1-12,14-15H2,(H,29,34)(H,30,35)/t16?,17?,18?,21?,22?,23-,24?,25?,26?,27?,28?/m0/s1. The number of carbonyl (C=O) groups excluding carboxylic acids is 3. The van der Waals surface area contributed by atoms with Gasteiger partial charge in [0.1, 0.15) is 55.1 Å². The predicted octanol–water partition coefficient (Wildman–Crippen LogP) is -4.07. The lowest BCUT2D eigenvalue weighted by molar-refractivity contribution is -0.301. The lowest BCUT2D eigenvalue weighted by Gasteiger charge is -2.39. The Morgan fingerprint density at radius 2 is 1.16 bits per heavy atom. The van der Waals surface area contributed by atoms with Crippen molar-refractivity contribution in [1.29, 1.82) is 0 Å². The van der Waals surface area contributed by atoms with Crippen LogP contribution in [-0.2, 0) is 33.3 Å². The van der Waals surface area contributed by atoms with Gasteiger partial charge < -0.3 is 75.2 Å². The average Bonchev–Trinajstić information content (AvgIpc) is 3.03. The molecule has 0 aromatic heterocycles. The molecule has 11 atom stereocenters. The van der Waals surface area contributed by atoms with Gasteiger partial charge in [-0.15, -0.1) is 0 Å². The predicted molar refractivity (Wildman–Crippen MR) is 152 cm³/mol. The first-order chi connectivity index (χ1) is 21.5. The molecule has 0 aliphatic carbocycles. The Bertz CT molecular complexity index is 866. The third kappa shape index (κ3) is 13.0. The number of carbonyl (C=O) groups is 3. The summed E-state index contributed by atoms with van der Waals surface area (Å²) in [6, 6.07) is -0.665. The van der Waals surface area contributed by atoms with Crippen molar-refractivity contribution in [1.82, 2.24) is 10.6 Å². The van der Waals surface area contributed by atoms with Crippen molar-refractivity contribution in [2.24, 2.45) is 0 Å². The monoisotopic (exact) mass is 654 g/mol. The molecule has 10 unspecified atom stereocenters. The van der Waals surface area contributed by atoms with Gasteiger partial charge in [0.05, 0.1) is 19.3 Å². The largest absolute Gasteiger partial charge is 0.394 e. The van der Waals surface area contributed by atoms with Crippen LogP contribution < -0.4 is 10.6 Å². The van der Waals surface area contributed by atoms with Crippen LogP contribution in [0.5, 0.6) is 0 Å². The molecule has 0 aromatic rings. The van der Waals surface area contributed by atoms with Gasteiger partial charge in [0.25, 0.3) is 0 Å². The summed E-state index contributed by atoms with van der Waals surface area (Å²) >= 11 is 0. The summed E-state index contributed by atoms with van der Waals surface area (Å²) in [6.45, 7) is -0.490. The number of aldehydes is 1. The van der Waals surface area contributed by atoms with Gasteiger partial charge in [0.15, 0.2) is 12.6 Å². The summed E-state index contributed by atoms with van der Waals surface area (Å²) in [5, 5.41) is 82.8. The molecule has 17 heteroatoms. The number of hydrogen-bond donors (Lipinski definition) is 10. The van der Waals surface area contributed by atoms with E-state index in [1.165, 1.54) is 0 Å². The van der Waals surface area contributed by atoms with Crippen LogP contribution in [0.2, 0.25) is 0 Å². The third-order valence-corrected chi connectivity index (χ3v) is 7.63. The van der Waals surface area contributed by atoms with Crippen LogP contribution in [0, 0.1) is 0 Å². The minimum Gasteiger partial charge on any atom is -0.394 e. The zero-order chi connectivity index (χ0) is 33.4. The van der Waals surface area contributed by atoms with E-state index in [2.05, 4.69) is 10.6 Å². The molecule has 2 fully saturated rings. The molecule has 17 nitrogen and oxygen atoms in total. The fraction of sp³-hybridized carbons (Fsp3) is 0.893. The van der Waals surface area contributed by atoms with E-state index in [-0.39, 0.29) is 37.9 Å². The molecular weight excluding hydrogens is 604 g/mol. The molecule has 2 aliphatic heterocycles. The van der Waals surface area contributed by atoms with Gasteiger partial charge in [-0.2, -0.15) is 0 Å². The van der Waals surface area contributed by atoms with Gasteiger partial charge in [-0.25, -0.2) is 0 Å². The molecule has 2 saturated heterocycles. The highest BCUT2D eigenvalue weighted by atomic mass is 16.7. The topological polar surface area (TPSA) is 274 Å². The fourth-order valence-corrected chi connectivity index (χ4v) is 4.84. The van der Waals surface area contributed by atoms with E-state index >= 15 is 0 Å². The highest BCUT2D eigenvalue weighted by molar-refractivity contribution is 5.79. The average molecular weight is 655 g/mol. The van der Waals surface area contributed by atoms with Crippen LogP contribution >= 0.6 is 0 Å². The number of aliphatic hydroxyl groups excluding tert-OH is 8. The summed E-state index contributed by atoms with van der Waals surface area (Å²) in [5.41, 5.74) is 0. The second-order valence-corrected chi connectivity index (χ2v) is 11.2. The summed E-state index contributed by atoms with van der Waals surface area (Å²) < 4.78 is 21.3. The van der Waals surface area contributed by atoms with Crippen molar-refractivity contribution in [2.45, 2.75) is 125 Å². The summed E-state index contributed by atoms with van der Waals surface area (Å²) in [7, 11) is 0. The SMILES string of the molecule is O=CC(CCCCNC(=O)CCCCOC1OC(CO)C(O)[C@H](O)C1O)NC(=O)CCCCOC1OC(CO)C(O)C(O)C1O. The molecule has 2 rings (SSSR count). The molecule has 2 amide bonds. The Balaban J connectivity index is 1.48. The molecule has 262 valence electrons. The van der Waals surface area contributed by atoms with Crippen LogP contribution in [0.3, 0.4) is 0 Å². The Hall–Kier alpha value is -1.87. The minimum absolute atomic E-state index is 0.0920. The van der Waals surface area contributed by atoms with Crippen molar-refractivity contribution in [3.8, 4) is 0 Å². The smallest absolute Gasteiger partial charge is 0.220 e. The Morgan fingerprint density at radius 1 is 0.667 bits per heavy atom. The number of rotatable bonds is 21. The summed E-state index contributed by atoms with van der Waals surface area (Å²) in [5.74, 6) is -0.484. The summed E-state index contributed by atoms with van der Waals surface area (Å²) in [6.07, 6.45) is -9.09. The van der Waals surface area contributed by atoms with Gasteiger partial charge in [-0.1, -0.05) is 0 Å². The van der Waals surface area contributed by atoms with Crippen LogP contribution in [0.1, 0.15) is 57.8 Å². The first-order valence-corrected chi connectivity index (χ1v) is 15.4. The lowest BCUT2D eigenvalue weighted by atomic mass is 9.99. The quantitative estimate of drug-likeness (QED) is 0.0416. The Kier molecular flexibility index (Phi) is 18.4. The third-order valence-electron chi connectivity index (χ3n) is 7.63. The van der Waals surface area contributed by atoms with Crippen LogP contribution in [-0.4, -0.2) is 159 Å². The number of hydrogen-bond acceptors (Lipinski definition) is 15. The second-order valence-electron chi connectivity index (χ2n) is 11.2. The molecule has 2 aliphatic rings. The molecule has 0 bridgehead atoms. The second kappa shape index (κ2) is 21.1. The van der Waals surface area contributed by atoms with E-state index < -0.39 is 80.7 Å². The summed E-state index contributed by atoms with van der Waals surface area (Å²) in [4.78, 5) is 35.6. The van der Waals surface area contributed by atoms with E-state index in [0.717, 1.165) is 0 Å². The molecule has 45 heavy (non-hydrogen) atoms. The highest BCUT2D eigenvalue weighted by Gasteiger charge is 2.45. The van der Waals surface area contributed by atoms with Gasteiger partial charge in [0, 0.05) is 32.6 Å². The molecule has 0 radical (unpaired) electrons. The highest BCUT2D eigenvalue weighted by Crippen LogP contribution is 2.23. The van der Waals surface area contributed by atoms with E-state index in [1.54, 1.807) is 0 Å². The number of amides is 2. The van der Waals surface area contributed by atoms with Gasteiger partial charge in [0.2, 0.25) is 11.8 Å². The zero-order valence-electron chi connectivity index (χ0n) is 25.3. The number of unbranched alkanes of at least 4 members (excludes halogenated alkanes) is 3. The van der Waals surface area contributed by atoms with Crippen LogP contribution in [0.25, 0.3) is 0 Å². The van der Waals surface area contributed by atoms with Crippen molar-refractivity contribution < 1.29 is 74.2 Å². The van der Waals surface area contributed by atoms with Gasteiger partial charge >= 0.3 is 0 Å². The maximum Gasteiger partial charge on any atom is 0.220 e. The molecular formula is C28H50N2O15. The Labute approximate surface area is 261 Å². The number of aliphatic hydroxyl groups is 8. The van der Waals surface area contributed by atoms with Gasteiger partial charge in [-0.3, -0.25) is 9.59 Å². The minimum atomic E-state index is -1.53. The normalized spacial score (nSPS) is 32.5. The lowest BCUT2D eigenvalue weighted by Crippen LogP contribution is -2.59. The van der Waals surface area contributed by atoms with Crippen molar-refractivity contribution >= 4 is 18.1 Å². The van der Waals surface area contributed by atoms with Crippen molar-refractivity contribution in [2.75, 3.05) is 33.0 Å². The zero-order valence-corrected chi connectivity index (χ0v) is 25.3. The number of nitrogens with one attached hydrogen (secondary N) is 2. The van der Waals surface area contributed by atoms with Crippen molar-refractivity contribution in [3.05, 3.63) is 0 Å². The first kappa shape index (κ1) is 39.3. The van der Waals surface area contributed by atoms with Gasteiger partial charge in [-0.05, 0) is 44.9 Å². The molecule has 0 saturated carbocycles. The van der Waals surface area contributed by atoms with E-state index in [9.17, 15) is 55.2 Å². The maximum atomic E-state index is 12.2. The van der Waals surface area contributed by atoms with Crippen LogP contribution in [0.4, 0.5) is 0 Å².